The Hall–Kier alpha value is -1.88. The molecule has 0 radical (unpaired) electrons. The second kappa shape index (κ2) is 9.30. The van der Waals surface area contributed by atoms with Crippen molar-refractivity contribution in [2.45, 2.75) is 38.1 Å². The minimum Gasteiger partial charge on any atom is -0.353 e. The monoisotopic (exact) mass is 317 g/mol. The Labute approximate surface area is 138 Å². The fraction of sp³-hybridized carbons (Fsp3) is 0.556. The highest BCUT2D eigenvalue weighted by molar-refractivity contribution is 5.77. The lowest BCUT2D eigenvalue weighted by Crippen LogP contribution is -2.46. The van der Waals surface area contributed by atoms with Gasteiger partial charge in [0, 0.05) is 38.5 Å². The van der Waals surface area contributed by atoms with Crippen molar-refractivity contribution in [3.8, 4) is 0 Å². The van der Waals surface area contributed by atoms with Crippen LogP contribution in [0.2, 0.25) is 0 Å². The summed E-state index contributed by atoms with van der Waals surface area (Å²) in [6.45, 7) is 2.18. The van der Waals surface area contributed by atoms with Crippen molar-refractivity contribution < 1.29 is 9.59 Å². The smallest absolute Gasteiger partial charge is 0.222 e. The number of amides is 2. The maximum atomic E-state index is 12.3. The first-order valence-corrected chi connectivity index (χ1v) is 8.44. The minimum absolute atomic E-state index is 0.0909. The van der Waals surface area contributed by atoms with Crippen molar-refractivity contribution in [2.75, 3.05) is 26.7 Å². The van der Waals surface area contributed by atoms with Gasteiger partial charge in [-0.3, -0.25) is 9.59 Å². The Kier molecular flexibility index (Phi) is 7.07. The molecule has 0 bridgehead atoms. The molecule has 23 heavy (non-hydrogen) atoms. The molecule has 2 N–H and O–H groups in total. The van der Waals surface area contributed by atoms with Crippen molar-refractivity contribution in [3.05, 3.63) is 35.9 Å². The zero-order chi connectivity index (χ0) is 16.5. The van der Waals surface area contributed by atoms with Gasteiger partial charge in [-0.1, -0.05) is 30.3 Å². The molecule has 0 unspecified atom stereocenters. The number of aryl methyl sites for hydroxylation is 1. The standard InChI is InChI=1S/C18H27N3O2/c1-19-12-9-17(22)20-16-10-13-21(14-11-16)18(23)8-7-15-5-3-2-4-6-15/h2-6,16,19H,7-14H2,1H3,(H,20,22). The van der Waals surface area contributed by atoms with Gasteiger partial charge in [0.1, 0.15) is 0 Å². The molecular formula is C18H27N3O2. The van der Waals surface area contributed by atoms with Crippen LogP contribution in [0.3, 0.4) is 0 Å². The average molecular weight is 317 g/mol. The minimum atomic E-state index is 0.0909. The van der Waals surface area contributed by atoms with E-state index < -0.39 is 0 Å². The predicted octanol–water partition coefficient (Wildman–Crippen LogP) is 1.34. The third-order valence-electron chi connectivity index (χ3n) is 4.29. The maximum absolute atomic E-state index is 12.3. The van der Waals surface area contributed by atoms with Crippen LogP contribution in [0.1, 0.15) is 31.2 Å². The number of nitrogens with one attached hydrogen (secondary N) is 2. The molecule has 0 atom stereocenters. The number of nitrogens with zero attached hydrogens (tertiary/aromatic N) is 1. The summed E-state index contributed by atoms with van der Waals surface area (Å²) >= 11 is 0. The number of carbonyl (C=O) groups excluding carboxylic acids is 2. The van der Waals surface area contributed by atoms with Gasteiger partial charge in [0.2, 0.25) is 11.8 Å². The first kappa shape index (κ1) is 17.5. The van der Waals surface area contributed by atoms with Crippen molar-refractivity contribution in [1.29, 1.82) is 0 Å². The normalized spacial score (nSPS) is 15.4. The molecule has 1 aromatic carbocycles. The van der Waals surface area contributed by atoms with Crippen LogP contribution in [0.4, 0.5) is 0 Å². The molecule has 5 heteroatoms. The third-order valence-corrected chi connectivity index (χ3v) is 4.29. The fourth-order valence-electron chi connectivity index (χ4n) is 2.87. The lowest BCUT2D eigenvalue weighted by Gasteiger charge is -2.32. The molecule has 1 aromatic rings. The Morgan fingerprint density at radius 3 is 2.48 bits per heavy atom. The average Bonchev–Trinajstić information content (AvgIpc) is 2.59. The number of benzene rings is 1. The summed E-state index contributed by atoms with van der Waals surface area (Å²) in [6.07, 6.45) is 3.56. The lowest BCUT2D eigenvalue weighted by molar-refractivity contribution is -0.132. The summed E-state index contributed by atoms with van der Waals surface area (Å²) in [5.74, 6) is 0.307. The highest BCUT2D eigenvalue weighted by atomic mass is 16.2. The van der Waals surface area contributed by atoms with Gasteiger partial charge in [-0.05, 0) is 31.9 Å². The fourth-order valence-corrected chi connectivity index (χ4v) is 2.87. The highest BCUT2D eigenvalue weighted by Gasteiger charge is 2.23. The third kappa shape index (κ3) is 6.02. The van der Waals surface area contributed by atoms with Gasteiger partial charge in [0.25, 0.3) is 0 Å². The van der Waals surface area contributed by atoms with Gasteiger partial charge in [-0.25, -0.2) is 0 Å². The molecule has 2 amide bonds. The Bertz CT molecular complexity index is 496. The molecule has 1 aliphatic rings. The molecule has 0 aromatic heterocycles. The van der Waals surface area contributed by atoms with Crippen LogP contribution in [0.5, 0.6) is 0 Å². The molecule has 1 saturated heterocycles. The predicted molar refractivity (Wildman–Crippen MR) is 91.1 cm³/mol. The van der Waals surface area contributed by atoms with Crippen LogP contribution in [-0.2, 0) is 16.0 Å². The van der Waals surface area contributed by atoms with E-state index in [-0.39, 0.29) is 17.9 Å². The maximum Gasteiger partial charge on any atom is 0.222 e. The van der Waals surface area contributed by atoms with Gasteiger partial charge in [-0.15, -0.1) is 0 Å². The number of likely N-dealkylation sites (tertiary alicyclic amines) is 1. The van der Waals surface area contributed by atoms with Crippen LogP contribution in [0, 0.1) is 0 Å². The molecule has 1 fully saturated rings. The first-order chi connectivity index (χ1) is 11.2. The number of hydrogen-bond acceptors (Lipinski definition) is 3. The van der Waals surface area contributed by atoms with E-state index in [9.17, 15) is 9.59 Å². The second-order valence-electron chi connectivity index (χ2n) is 6.06. The highest BCUT2D eigenvalue weighted by Crippen LogP contribution is 2.13. The Balaban J connectivity index is 1.67. The molecule has 0 spiro atoms. The van der Waals surface area contributed by atoms with E-state index >= 15 is 0 Å². The van der Waals surface area contributed by atoms with E-state index in [0.717, 1.165) is 32.4 Å². The molecular weight excluding hydrogens is 290 g/mol. The van der Waals surface area contributed by atoms with Crippen LogP contribution >= 0.6 is 0 Å². The van der Waals surface area contributed by atoms with E-state index in [4.69, 9.17) is 0 Å². The van der Waals surface area contributed by atoms with Crippen LogP contribution < -0.4 is 10.6 Å². The Morgan fingerprint density at radius 2 is 1.83 bits per heavy atom. The molecule has 0 aliphatic carbocycles. The summed E-state index contributed by atoms with van der Waals surface area (Å²) in [4.78, 5) is 25.9. The van der Waals surface area contributed by atoms with E-state index in [2.05, 4.69) is 22.8 Å². The van der Waals surface area contributed by atoms with Crippen molar-refractivity contribution >= 4 is 11.8 Å². The summed E-state index contributed by atoms with van der Waals surface area (Å²) < 4.78 is 0. The van der Waals surface area contributed by atoms with E-state index in [0.29, 0.717) is 19.4 Å². The second-order valence-corrected chi connectivity index (χ2v) is 6.06. The van der Waals surface area contributed by atoms with Crippen LogP contribution in [-0.4, -0.2) is 49.4 Å². The lowest BCUT2D eigenvalue weighted by atomic mass is 10.0. The molecule has 1 heterocycles. The molecule has 2 rings (SSSR count). The molecule has 1 aliphatic heterocycles. The van der Waals surface area contributed by atoms with Crippen molar-refractivity contribution in [2.24, 2.45) is 0 Å². The van der Waals surface area contributed by atoms with E-state index in [1.807, 2.05) is 30.1 Å². The van der Waals surface area contributed by atoms with Gasteiger partial charge >= 0.3 is 0 Å². The van der Waals surface area contributed by atoms with Gasteiger partial charge in [-0.2, -0.15) is 0 Å². The zero-order valence-electron chi connectivity index (χ0n) is 13.9. The van der Waals surface area contributed by atoms with Gasteiger partial charge in [0.05, 0.1) is 0 Å². The first-order valence-electron chi connectivity index (χ1n) is 8.44. The zero-order valence-corrected chi connectivity index (χ0v) is 13.9. The van der Waals surface area contributed by atoms with Gasteiger partial charge in [0.15, 0.2) is 0 Å². The summed E-state index contributed by atoms with van der Waals surface area (Å²) in [7, 11) is 1.84. The quantitative estimate of drug-likeness (QED) is 0.798. The van der Waals surface area contributed by atoms with Crippen LogP contribution in [0.15, 0.2) is 30.3 Å². The topological polar surface area (TPSA) is 61.4 Å². The number of carbonyl (C=O) groups is 2. The number of hydrogen-bond donors (Lipinski definition) is 2. The molecule has 5 nitrogen and oxygen atoms in total. The SMILES string of the molecule is CNCCC(=O)NC1CCN(C(=O)CCc2ccccc2)CC1. The largest absolute Gasteiger partial charge is 0.353 e. The number of piperidine rings is 1. The Morgan fingerprint density at radius 1 is 1.13 bits per heavy atom. The van der Waals surface area contributed by atoms with Crippen molar-refractivity contribution in [3.63, 3.8) is 0 Å². The summed E-state index contributed by atoms with van der Waals surface area (Å²) in [6, 6.07) is 10.3. The van der Waals surface area contributed by atoms with Crippen molar-refractivity contribution in [1.82, 2.24) is 15.5 Å². The number of rotatable bonds is 7. The summed E-state index contributed by atoms with van der Waals surface area (Å²) in [5.41, 5.74) is 1.20. The van der Waals surface area contributed by atoms with E-state index in [1.54, 1.807) is 0 Å². The van der Waals surface area contributed by atoms with Crippen LogP contribution in [0.25, 0.3) is 0 Å². The molecule has 126 valence electrons. The molecule has 0 saturated carbocycles. The van der Waals surface area contributed by atoms with E-state index in [1.165, 1.54) is 5.56 Å². The van der Waals surface area contributed by atoms with Gasteiger partial charge < -0.3 is 15.5 Å². The summed E-state index contributed by atoms with van der Waals surface area (Å²) in [5, 5.41) is 6.03.